The number of carbonyl (C=O) groups excluding carboxylic acids is 1. The highest BCUT2D eigenvalue weighted by molar-refractivity contribution is 9.10. The second-order valence-corrected chi connectivity index (χ2v) is 8.00. The van der Waals surface area contributed by atoms with Crippen LogP contribution in [0.2, 0.25) is 0 Å². The standard InChI is InChI=1S/C18H22BrN5O/c19-16-7-5-14(6-8-16)18-20-22-24(21-18)12-17(25)23-10-9-13-3-1-2-4-15(13)11-23/h5-8,13,15H,1-4,9-12H2/t13-,15-/m1/s1. The Hall–Kier alpha value is -1.76. The van der Waals surface area contributed by atoms with Crippen molar-refractivity contribution in [2.24, 2.45) is 11.8 Å². The van der Waals surface area contributed by atoms with E-state index in [1.54, 1.807) is 0 Å². The zero-order chi connectivity index (χ0) is 17.2. The molecule has 4 rings (SSSR count). The van der Waals surface area contributed by atoms with Gasteiger partial charge >= 0.3 is 0 Å². The van der Waals surface area contributed by atoms with Crippen molar-refractivity contribution in [3.8, 4) is 11.4 Å². The second-order valence-electron chi connectivity index (χ2n) is 7.08. The first kappa shape index (κ1) is 16.7. The largest absolute Gasteiger partial charge is 0.341 e. The first-order valence-electron chi connectivity index (χ1n) is 9.00. The number of likely N-dealkylation sites (tertiary alicyclic amines) is 1. The lowest BCUT2D eigenvalue weighted by Gasteiger charge is -2.41. The summed E-state index contributed by atoms with van der Waals surface area (Å²) in [5, 5.41) is 12.5. The zero-order valence-electron chi connectivity index (χ0n) is 14.1. The van der Waals surface area contributed by atoms with Crippen molar-refractivity contribution >= 4 is 21.8 Å². The third-order valence-corrected chi connectivity index (χ3v) is 6.00. The molecule has 2 aliphatic rings. The van der Waals surface area contributed by atoms with Gasteiger partial charge in [-0.15, -0.1) is 10.2 Å². The molecule has 1 aliphatic carbocycles. The van der Waals surface area contributed by atoms with Crippen LogP contribution in [0.1, 0.15) is 32.1 Å². The Kier molecular flexibility index (Phi) is 4.83. The van der Waals surface area contributed by atoms with Gasteiger partial charge in [0.2, 0.25) is 11.7 Å². The molecule has 1 saturated heterocycles. The van der Waals surface area contributed by atoms with E-state index in [2.05, 4.69) is 31.3 Å². The minimum absolute atomic E-state index is 0.101. The maximum Gasteiger partial charge on any atom is 0.246 e. The third-order valence-electron chi connectivity index (χ3n) is 5.48. The lowest BCUT2D eigenvalue weighted by molar-refractivity contribution is -0.135. The van der Waals surface area contributed by atoms with Gasteiger partial charge < -0.3 is 4.90 Å². The van der Waals surface area contributed by atoms with Crippen LogP contribution in [0.15, 0.2) is 28.7 Å². The van der Waals surface area contributed by atoms with E-state index in [4.69, 9.17) is 0 Å². The summed E-state index contributed by atoms with van der Waals surface area (Å²) >= 11 is 3.41. The molecule has 0 N–H and O–H groups in total. The molecule has 6 nitrogen and oxygen atoms in total. The van der Waals surface area contributed by atoms with Crippen LogP contribution in [0.5, 0.6) is 0 Å². The fourth-order valence-corrected chi connectivity index (χ4v) is 4.34. The van der Waals surface area contributed by atoms with Crippen molar-refractivity contribution in [1.29, 1.82) is 0 Å². The Morgan fingerprint density at radius 1 is 1.12 bits per heavy atom. The number of rotatable bonds is 3. The number of amides is 1. The Morgan fingerprint density at radius 3 is 2.68 bits per heavy atom. The number of fused-ring (bicyclic) bond motifs is 1. The third kappa shape index (κ3) is 3.76. The van der Waals surface area contributed by atoms with Crippen LogP contribution in [-0.2, 0) is 11.3 Å². The molecule has 2 heterocycles. The van der Waals surface area contributed by atoms with Crippen LogP contribution in [0, 0.1) is 11.8 Å². The van der Waals surface area contributed by atoms with E-state index in [1.165, 1.54) is 30.5 Å². The molecule has 25 heavy (non-hydrogen) atoms. The van der Waals surface area contributed by atoms with Crippen molar-refractivity contribution in [3.05, 3.63) is 28.7 Å². The minimum Gasteiger partial charge on any atom is -0.341 e. The quantitative estimate of drug-likeness (QED) is 0.789. The fourth-order valence-electron chi connectivity index (χ4n) is 4.07. The van der Waals surface area contributed by atoms with Crippen LogP contribution in [-0.4, -0.2) is 44.1 Å². The molecule has 0 unspecified atom stereocenters. The van der Waals surface area contributed by atoms with Crippen LogP contribution in [0.3, 0.4) is 0 Å². The number of benzene rings is 1. The number of halogens is 1. The summed E-state index contributed by atoms with van der Waals surface area (Å²) in [4.78, 5) is 16.0. The van der Waals surface area contributed by atoms with Gasteiger partial charge in [-0.05, 0) is 54.2 Å². The van der Waals surface area contributed by atoms with E-state index in [9.17, 15) is 4.79 Å². The molecule has 2 aromatic rings. The van der Waals surface area contributed by atoms with E-state index in [-0.39, 0.29) is 12.5 Å². The van der Waals surface area contributed by atoms with Crippen LogP contribution < -0.4 is 0 Å². The van der Waals surface area contributed by atoms with Gasteiger partial charge in [0, 0.05) is 23.1 Å². The van der Waals surface area contributed by atoms with Crippen LogP contribution in [0.25, 0.3) is 11.4 Å². The monoisotopic (exact) mass is 403 g/mol. The molecule has 1 aromatic carbocycles. The summed E-state index contributed by atoms with van der Waals surface area (Å²) in [6.07, 6.45) is 6.42. The Morgan fingerprint density at radius 2 is 1.88 bits per heavy atom. The predicted molar refractivity (Wildman–Crippen MR) is 97.6 cm³/mol. The number of tetrazole rings is 1. The van der Waals surface area contributed by atoms with E-state index in [1.807, 2.05) is 29.2 Å². The average molecular weight is 404 g/mol. The summed E-state index contributed by atoms with van der Waals surface area (Å²) < 4.78 is 1.00. The van der Waals surface area contributed by atoms with Gasteiger partial charge in [-0.3, -0.25) is 4.79 Å². The van der Waals surface area contributed by atoms with E-state index < -0.39 is 0 Å². The highest BCUT2D eigenvalue weighted by Crippen LogP contribution is 2.36. The van der Waals surface area contributed by atoms with E-state index in [0.29, 0.717) is 11.7 Å². The molecule has 1 aliphatic heterocycles. The SMILES string of the molecule is O=C(Cn1nnc(-c2ccc(Br)cc2)n1)N1CC[C@H]2CCCC[C@@H]2C1. The number of hydrogen-bond acceptors (Lipinski definition) is 4. The first-order valence-corrected chi connectivity index (χ1v) is 9.80. The van der Waals surface area contributed by atoms with Crippen molar-refractivity contribution < 1.29 is 4.79 Å². The normalized spacial score (nSPS) is 23.3. The zero-order valence-corrected chi connectivity index (χ0v) is 15.7. The Balaban J connectivity index is 1.39. The van der Waals surface area contributed by atoms with Gasteiger partial charge in [-0.2, -0.15) is 4.80 Å². The molecule has 7 heteroatoms. The van der Waals surface area contributed by atoms with Gasteiger partial charge in [0.15, 0.2) is 0 Å². The molecule has 1 aromatic heterocycles. The molecule has 1 amide bonds. The second kappa shape index (κ2) is 7.23. The predicted octanol–water partition coefficient (Wildman–Crippen LogP) is 3.14. The van der Waals surface area contributed by atoms with Crippen molar-refractivity contribution in [1.82, 2.24) is 25.1 Å². The summed E-state index contributed by atoms with van der Waals surface area (Å²) in [5.74, 6) is 2.16. The van der Waals surface area contributed by atoms with Gasteiger partial charge in [0.1, 0.15) is 6.54 Å². The Labute approximate surface area is 155 Å². The smallest absolute Gasteiger partial charge is 0.246 e. The summed E-state index contributed by atoms with van der Waals surface area (Å²) in [7, 11) is 0. The van der Waals surface area contributed by atoms with Crippen molar-refractivity contribution in [2.75, 3.05) is 13.1 Å². The van der Waals surface area contributed by atoms with Crippen molar-refractivity contribution in [3.63, 3.8) is 0 Å². The van der Waals surface area contributed by atoms with Gasteiger partial charge in [0.05, 0.1) is 0 Å². The molecular formula is C18H22BrN5O. The summed E-state index contributed by atoms with van der Waals surface area (Å²) in [5.41, 5.74) is 0.893. The molecule has 1 saturated carbocycles. The molecule has 2 fully saturated rings. The van der Waals surface area contributed by atoms with E-state index >= 15 is 0 Å². The molecule has 0 radical (unpaired) electrons. The molecule has 0 bridgehead atoms. The number of hydrogen-bond donors (Lipinski definition) is 0. The fraction of sp³-hybridized carbons (Fsp3) is 0.556. The maximum absolute atomic E-state index is 12.6. The maximum atomic E-state index is 12.6. The molecule has 2 atom stereocenters. The summed E-state index contributed by atoms with van der Waals surface area (Å²) in [6.45, 7) is 1.94. The lowest BCUT2D eigenvalue weighted by Crippen LogP contribution is -2.46. The number of nitrogens with zero attached hydrogens (tertiary/aromatic N) is 5. The van der Waals surface area contributed by atoms with Gasteiger partial charge in [-0.1, -0.05) is 35.2 Å². The molecule has 132 valence electrons. The highest BCUT2D eigenvalue weighted by Gasteiger charge is 2.33. The number of piperidine rings is 1. The molecular weight excluding hydrogens is 382 g/mol. The van der Waals surface area contributed by atoms with Crippen LogP contribution >= 0.6 is 15.9 Å². The Bertz CT molecular complexity index is 744. The first-order chi connectivity index (χ1) is 12.2. The van der Waals surface area contributed by atoms with Crippen molar-refractivity contribution in [2.45, 2.75) is 38.6 Å². The summed E-state index contributed by atoms with van der Waals surface area (Å²) in [6, 6.07) is 7.74. The number of carbonyl (C=O) groups is 1. The highest BCUT2D eigenvalue weighted by atomic mass is 79.9. The van der Waals surface area contributed by atoms with Crippen LogP contribution in [0.4, 0.5) is 0 Å². The lowest BCUT2D eigenvalue weighted by atomic mass is 9.75. The average Bonchev–Trinajstić information content (AvgIpc) is 3.10. The van der Waals surface area contributed by atoms with Gasteiger partial charge in [0.25, 0.3) is 0 Å². The minimum atomic E-state index is 0.101. The van der Waals surface area contributed by atoms with E-state index in [0.717, 1.165) is 35.5 Å². The molecule has 0 spiro atoms. The van der Waals surface area contributed by atoms with Gasteiger partial charge in [-0.25, -0.2) is 0 Å². The topological polar surface area (TPSA) is 63.9 Å². The number of aromatic nitrogens is 4.